The molecule has 1 amide bonds. The first-order valence-electron chi connectivity index (χ1n) is 6.82. The normalized spacial score (nSPS) is 18.0. The number of aromatic nitrogens is 1. The Morgan fingerprint density at radius 3 is 2.68 bits per heavy atom. The number of methoxy groups -OCH3 is 1. The number of pyridine rings is 1. The lowest BCUT2D eigenvalue weighted by Crippen LogP contribution is -2.51. The molecular formula is C14H17F3N2O3. The zero-order valence-electron chi connectivity index (χ0n) is 12.1. The van der Waals surface area contributed by atoms with Crippen molar-refractivity contribution < 1.29 is 27.4 Å². The van der Waals surface area contributed by atoms with Gasteiger partial charge < -0.3 is 14.8 Å². The van der Waals surface area contributed by atoms with E-state index < -0.39 is 17.5 Å². The van der Waals surface area contributed by atoms with Crippen molar-refractivity contribution in [1.82, 2.24) is 10.3 Å². The van der Waals surface area contributed by atoms with Crippen LogP contribution in [0.15, 0.2) is 18.2 Å². The molecule has 0 unspecified atom stereocenters. The Bertz CT molecular complexity index is 528. The van der Waals surface area contributed by atoms with Crippen LogP contribution in [-0.2, 0) is 27.0 Å². The van der Waals surface area contributed by atoms with Crippen molar-refractivity contribution in [3.63, 3.8) is 0 Å². The van der Waals surface area contributed by atoms with Crippen molar-refractivity contribution >= 4 is 5.91 Å². The molecule has 2 rings (SSSR count). The van der Waals surface area contributed by atoms with Crippen molar-refractivity contribution in [2.45, 2.75) is 31.2 Å². The second-order valence-corrected chi connectivity index (χ2v) is 5.01. The Morgan fingerprint density at radius 1 is 1.41 bits per heavy atom. The maximum absolute atomic E-state index is 12.6. The van der Waals surface area contributed by atoms with Crippen LogP contribution in [0.25, 0.3) is 0 Å². The van der Waals surface area contributed by atoms with Crippen molar-refractivity contribution in [3.05, 3.63) is 29.6 Å². The number of hydrogen-bond acceptors (Lipinski definition) is 4. The van der Waals surface area contributed by atoms with Gasteiger partial charge in [0, 0.05) is 33.2 Å². The molecule has 0 spiro atoms. The number of hydrogen-bond donors (Lipinski definition) is 1. The molecule has 2 heterocycles. The molecule has 1 saturated heterocycles. The molecular weight excluding hydrogens is 301 g/mol. The summed E-state index contributed by atoms with van der Waals surface area (Å²) in [7, 11) is 1.44. The summed E-state index contributed by atoms with van der Waals surface area (Å²) in [6.07, 6.45) is -3.69. The van der Waals surface area contributed by atoms with E-state index in [1.54, 1.807) is 0 Å². The lowest BCUT2D eigenvalue weighted by molar-refractivity contribution is -0.155. The van der Waals surface area contributed by atoms with Crippen molar-refractivity contribution in [2.24, 2.45) is 0 Å². The number of halogens is 3. The van der Waals surface area contributed by atoms with Gasteiger partial charge in [-0.1, -0.05) is 6.07 Å². The van der Waals surface area contributed by atoms with Gasteiger partial charge >= 0.3 is 6.18 Å². The molecule has 5 nitrogen and oxygen atoms in total. The van der Waals surface area contributed by atoms with Crippen LogP contribution >= 0.6 is 0 Å². The van der Waals surface area contributed by atoms with Crippen LogP contribution in [0.2, 0.25) is 0 Å². The van der Waals surface area contributed by atoms with E-state index in [0.29, 0.717) is 26.1 Å². The van der Waals surface area contributed by atoms with E-state index in [0.717, 1.165) is 6.07 Å². The first-order valence-corrected chi connectivity index (χ1v) is 6.82. The third kappa shape index (κ3) is 3.75. The van der Waals surface area contributed by atoms with E-state index >= 15 is 0 Å². The van der Waals surface area contributed by atoms with E-state index in [1.807, 2.05) is 0 Å². The highest BCUT2D eigenvalue weighted by Gasteiger charge is 2.40. The van der Waals surface area contributed by atoms with Crippen LogP contribution in [0, 0.1) is 0 Å². The summed E-state index contributed by atoms with van der Waals surface area (Å²) in [5.41, 5.74) is -1.83. The first kappa shape index (κ1) is 16.7. The van der Waals surface area contributed by atoms with E-state index in [2.05, 4.69) is 10.3 Å². The molecule has 1 fully saturated rings. The standard InChI is InChI=1S/C14H17F3N2O3/c1-21-13(5-7-22-8-6-13)12(20)18-9-10-3-2-4-11(19-10)14(15,16)17/h2-4H,5-9H2,1H3,(H,18,20). The molecule has 8 heteroatoms. The average Bonchev–Trinajstić information content (AvgIpc) is 2.52. The zero-order chi connectivity index (χ0) is 16.2. The molecule has 0 saturated carbocycles. The summed E-state index contributed by atoms with van der Waals surface area (Å²) in [5, 5.41) is 2.59. The summed E-state index contributed by atoms with van der Waals surface area (Å²) < 4.78 is 48.3. The highest BCUT2D eigenvalue weighted by molar-refractivity contribution is 5.85. The molecule has 0 aromatic carbocycles. The summed E-state index contributed by atoms with van der Waals surface area (Å²) in [6, 6.07) is 3.58. The second-order valence-electron chi connectivity index (χ2n) is 5.01. The van der Waals surface area contributed by atoms with E-state index in [9.17, 15) is 18.0 Å². The molecule has 1 aromatic rings. The van der Waals surface area contributed by atoms with Crippen LogP contribution < -0.4 is 5.32 Å². The summed E-state index contributed by atoms with van der Waals surface area (Å²) in [6.45, 7) is 0.723. The predicted molar refractivity (Wildman–Crippen MR) is 70.9 cm³/mol. The SMILES string of the molecule is COC1(C(=O)NCc2cccc(C(F)(F)F)n2)CCOCC1. The predicted octanol–water partition coefficient (Wildman–Crippen LogP) is 1.91. The van der Waals surface area contributed by atoms with E-state index in [1.165, 1.54) is 19.2 Å². The van der Waals surface area contributed by atoms with Gasteiger partial charge in [-0.3, -0.25) is 4.79 Å². The average molecular weight is 318 g/mol. The number of ether oxygens (including phenoxy) is 2. The number of carbonyl (C=O) groups excluding carboxylic acids is 1. The van der Waals surface area contributed by atoms with Gasteiger partial charge in [0.05, 0.1) is 12.2 Å². The van der Waals surface area contributed by atoms with Crippen LogP contribution in [0.1, 0.15) is 24.2 Å². The largest absolute Gasteiger partial charge is 0.433 e. The first-order chi connectivity index (χ1) is 10.4. The van der Waals surface area contributed by atoms with Gasteiger partial charge in [-0.15, -0.1) is 0 Å². The fourth-order valence-electron chi connectivity index (χ4n) is 2.29. The summed E-state index contributed by atoms with van der Waals surface area (Å²) in [4.78, 5) is 15.8. The maximum Gasteiger partial charge on any atom is 0.433 e. The number of alkyl halides is 3. The molecule has 122 valence electrons. The third-order valence-electron chi connectivity index (χ3n) is 3.63. The number of nitrogens with zero attached hydrogens (tertiary/aromatic N) is 1. The lowest BCUT2D eigenvalue weighted by Gasteiger charge is -2.34. The maximum atomic E-state index is 12.6. The Hall–Kier alpha value is -1.67. The third-order valence-corrected chi connectivity index (χ3v) is 3.63. The molecule has 0 aliphatic carbocycles. The van der Waals surface area contributed by atoms with Crippen LogP contribution in [0.5, 0.6) is 0 Å². The minimum Gasteiger partial charge on any atom is -0.381 e. The van der Waals surface area contributed by atoms with Gasteiger partial charge in [0.1, 0.15) is 5.69 Å². The van der Waals surface area contributed by atoms with Gasteiger partial charge in [0.2, 0.25) is 0 Å². The van der Waals surface area contributed by atoms with Gasteiger partial charge in [0.15, 0.2) is 5.60 Å². The number of rotatable bonds is 4. The van der Waals surface area contributed by atoms with Gasteiger partial charge in [-0.2, -0.15) is 13.2 Å². The second kappa shape index (κ2) is 6.62. The molecule has 22 heavy (non-hydrogen) atoms. The van der Waals surface area contributed by atoms with Crippen LogP contribution in [0.3, 0.4) is 0 Å². The van der Waals surface area contributed by atoms with Gasteiger partial charge in [-0.25, -0.2) is 4.98 Å². The molecule has 0 bridgehead atoms. The zero-order valence-corrected chi connectivity index (χ0v) is 12.1. The summed E-state index contributed by atoms with van der Waals surface area (Å²) >= 11 is 0. The topological polar surface area (TPSA) is 60.5 Å². The number of carbonyl (C=O) groups is 1. The lowest BCUT2D eigenvalue weighted by atomic mass is 9.93. The van der Waals surface area contributed by atoms with E-state index in [4.69, 9.17) is 9.47 Å². The monoisotopic (exact) mass is 318 g/mol. The smallest absolute Gasteiger partial charge is 0.381 e. The minimum absolute atomic E-state index is 0.0886. The van der Waals surface area contributed by atoms with Gasteiger partial charge in [0.25, 0.3) is 5.91 Å². The van der Waals surface area contributed by atoms with Crippen LogP contribution in [0.4, 0.5) is 13.2 Å². The highest BCUT2D eigenvalue weighted by Crippen LogP contribution is 2.27. The van der Waals surface area contributed by atoms with Crippen molar-refractivity contribution in [3.8, 4) is 0 Å². The Balaban J connectivity index is 2.01. The van der Waals surface area contributed by atoms with E-state index in [-0.39, 0.29) is 18.1 Å². The Morgan fingerprint density at radius 2 is 2.09 bits per heavy atom. The number of nitrogens with one attached hydrogen (secondary N) is 1. The fourth-order valence-corrected chi connectivity index (χ4v) is 2.29. The highest BCUT2D eigenvalue weighted by atomic mass is 19.4. The Labute approximate surface area is 125 Å². The minimum atomic E-state index is -4.51. The van der Waals surface area contributed by atoms with Crippen LogP contribution in [-0.4, -0.2) is 36.8 Å². The van der Waals surface area contributed by atoms with Gasteiger partial charge in [-0.05, 0) is 12.1 Å². The quantitative estimate of drug-likeness (QED) is 0.921. The fraction of sp³-hybridized carbons (Fsp3) is 0.571. The molecule has 0 atom stereocenters. The summed E-state index contributed by atoms with van der Waals surface area (Å²) in [5.74, 6) is -0.363. The Kier molecular flexibility index (Phi) is 5.02. The number of amides is 1. The van der Waals surface area contributed by atoms with Crippen molar-refractivity contribution in [2.75, 3.05) is 20.3 Å². The molecule has 1 aliphatic heterocycles. The molecule has 1 aromatic heterocycles. The molecule has 0 radical (unpaired) electrons. The molecule has 1 N–H and O–H groups in total. The van der Waals surface area contributed by atoms with Crippen molar-refractivity contribution in [1.29, 1.82) is 0 Å². The molecule has 1 aliphatic rings.